The molecule has 1 aliphatic rings. The summed E-state index contributed by atoms with van der Waals surface area (Å²) in [6.45, 7) is 8.92. The summed E-state index contributed by atoms with van der Waals surface area (Å²) in [4.78, 5) is 0. The molecule has 2 rings (SSSR count). The summed E-state index contributed by atoms with van der Waals surface area (Å²) >= 11 is 0. The van der Waals surface area contributed by atoms with Gasteiger partial charge in [0.15, 0.2) is 0 Å². The maximum atomic E-state index is 5.71. The van der Waals surface area contributed by atoms with Gasteiger partial charge in [-0.1, -0.05) is 0 Å². The molecular weight excluding hydrogens is 266 g/mol. The summed E-state index contributed by atoms with van der Waals surface area (Å²) in [6, 6.07) is 6.47. The quantitative estimate of drug-likeness (QED) is 0.836. The van der Waals surface area contributed by atoms with E-state index in [9.17, 15) is 0 Å². The second-order valence-corrected chi connectivity index (χ2v) is 5.82. The van der Waals surface area contributed by atoms with Gasteiger partial charge in [-0.15, -0.1) is 0 Å². The predicted octanol–water partition coefficient (Wildman–Crippen LogP) is 3.39. The fourth-order valence-corrected chi connectivity index (χ4v) is 2.76. The summed E-state index contributed by atoms with van der Waals surface area (Å²) in [5.74, 6) is 0.914. The molecule has 21 heavy (non-hydrogen) atoms. The topological polar surface area (TPSA) is 39.7 Å². The molecule has 0 saturated heterocycles. The Balaban J connectivity index is 1.97. The Morgan fingerprint density at radius 3 is 2.67 bits per heavy atom. The minimum absolute atomic E-state index is 0.121. The Hall–Kier alpha value is -1.26. The fraction of sp³-hybridized carbons (Fsp3) is 0.647. The number of benzene rings is 1. The highest BCUT2D eigenvalue weighted by Gasteiger charge is 2.42. The highest BCUT2D eigenvalue weighted by molar-refractivity contribution is 5.54. The smallest absolute Gasteiger partial charge is 0.120 e. The van der Waals surface area contributed by atoms with Crippen LogP contribution in [0.2, 0.25) is 0 Å². The monoisotopic (exact) mass is 293 g/mol. The molecule has 3 unspecified atom stereocenters. The van der Waals surface area contributed by atoms with Gasteiger partial charge in [0.25, 0.3) is 0 Å². The Morgan fingerprint density at radius 1 is 1.33 bits per heavy atom. The average molecular weight is 293 g/mol. The Labute approximate surface area is 127 Å². The molecule has 1 aromatic carbocycles. The molecule has 0 amide bonds. The summed E-state index contributed by atoms with van der Waals surface area (Å²) in [5.41, 5.74) is 2.32. The van der Waals surface area contributed by atoms with Gasteiger partial charge < -0.3 is 19.5 Å². The van der Waals surface area contributed by atoms with Gasteiger partial charge in [-0.2, -0.15) is 0 Å². The molecule has 4 nitrogen and oxygen atoms in total. The fourth-order valence-electron chi connectivity index (χ4n) is 2.76. The molecule has 0 spiro atoms. The lowest BCUT2D eigenvalue weighted by molar-refractivity contribution is -0.118. The SMILES string of the molecule is CCOC1CC(Nc2ccc(OC(C)C)cc2C)C1OC. The number of hydrogen-bond acceptors (Lipinski definition) is 4. The largest absolute Gasteiger partial charge is 0.491 e. The van der Waals surface area contributed by atoms with Crippen LogP contribution in [-0.4, -0.2) is 38.1 Å². The van der Waals surface area contributed by atoms with Crippen molar-refractivity contribution >= 4 is 5.69 Å². The second kappa shape index (κ2) is 7.14. The van der Waals surface area contributed by atoms with Gasteiger partial charge in [0.2, 0.25) is 0 Å². The molecule has 118 valence electrons. The van der Waals surface area contributed by atoms with Crippen LogP contribution in [0.25, 0.3) is 0 Å². The van der Waals surface area contributed by atoms with Crippen LogP contribution in [-0.2, 0) is 9.47 Å². The number of hydrogen-bond donors (Lipinski definition) is 1. The molecular formula is C17H27NO3. The minimum Gasteiger partial charge on any atom is -0.491 e. The summed E-state index contributed by atoms with van der Waals surface area (Å²) in [6.07, 6.45) is 1.51. The van der Waals surface area contributed by atoms with Crippen molar-refractivity contribution in [3.05, 3.63) is 23.8 Å². The van der Waals surface area contributed by atoms with Gasteiger partial charge in [-0.25, -0.2) is 0 Å². The van der Waals surface area contributed by atoms with Crippen LogP contribution in [0.15, 0.2) is 18.2 Å². The van der Waals surface area contributed by atoms with Crippen LogP contribution in [0.4, 0.5) is 5.69 Å². The first-order valence-corrected chi connectivity index (χ1v) is 7.73. The number of ether oxygens (including phenoxy) is 3. The Kier molecular flexibility index (Phi) is 5.48. The molecule has 4 heteroatoms. The maximum Gasteiger partial charge on any atom is 0.120 e. The number of methoxy groups -OCH3 is 1. The zero-order valence-corrected chi connectivity index (χ0v) is 13.7. The number of aryl methyl sites for hydroxylation is 1. The third kappa shape index (κ3) is 3.89. The van der Waals surface area contributed by atoms with Crippen LogP contribution >= 0.6 is 0 Å². The van der Waals surface area contributed by atoms with Gasteiger partial charge >= 0.3 is 0 Å². The van der Waals surface area contributed by atoms with Crippen molar-refractivity contribution in [2.45, 2.75) is 58.5 Å². The van der Waals surface area contributed by atoms with E-state index in [1.165, 1.54) is 5.56 Å². The van der Waals surface area contributed by atoms with Crippen molar-refractivity contribution < 1.29 is 14.2 Å². The van der Waals surface area contributed by atoms with Crippen molar-refractivity contribution in [3.63, 3.8) is 0 Å². The Morgan fingerprint density at radius 2 is 2.10 bits per heavy atom. The van der Waals surface area contributed by atoms with Gasteiger partial charge in [-0.05, 0) is 57.9 Å². The zero-order valence-electron chi connectivity index (χ0n) is 13.7. The molecule has 1 aromatic rings. The lowest BCUT2D eigenvalue weighted by Gasteiger charge is -2.44. The van der Waals surface area contributed by atoms with E-state index in [2.05, 4.69) is 24.4 Å². The molecule has 3 atom stereocenters. The van der Waals surface area contributed by atoms with E-state index in [1.807, 2.05) is 26.8 Å². The first kappa shape index (κ1) is 16.1. The molecule has 1 fully saturated rings. The van der Waals surface area contributed by atoms with E-state index in [1.54, 1.807) is 7.11 Å². The summed E-state index contributed by atoms with van der Waals surface area (Å²) in [5, 5.41) is 3.56. The van der Waals surface area contributed by atoms with Crippen molar-refractivity contribution in [2.75, 3.05) is 19.0 Å². The van der Waals surface area contributed by atoms with Crippen molar-refractivity contribution in [3.8, 4) is 5.75 Å². The lowest BCUT2D eigenvalue weighted by atomic mass is 9.85. The van der Waals surface area contributed by atoms with E-state index < -0.39 is 0 Å². The second-order valence-electron chi connectivity index (χ2n) is 5.82. The molecule has 1 saturated carbocycles. The molecule has 1 N–H and O–H groups in total. The van der Waals surface area contributed by atoms with E-state index in [-0.39, 0.29) is 18.3 Å². The number of nitrogens with one attached hydrogen (secondary N) is 1. The van der Waals surface area contributed by atoms with Crippen LogP contribution in [0.5, 0.6) is 5.75 Å². The van der Waals surface area contributed by atoms with Crippen LogP contribution in [0.1, 0.15) is 32.8 Å². The maximum absolute atomic E-state index is 5.71. The van der Waals surface area contributed by atoms with Crippen molar-refractivity contribution in [2.24, 2.45) is 0 Å². The number of rotatable bonds is 7. The van der Waals surface area contributed by atoms with Crippen molar-refractivity contribution in [1.29, 1.82) is 0 Å². The third-order valence-electron chi connectivity index (χ3n) is 3.81. The van der Waals surface area contributed by atoms with Gasteiger partial charge in [0.05, 0.1) is 18.2 Å². The highest BCUT2D eigenvalue weighted by atomic mass is 16.5. The van der Waals surface area contributed by atoms with Gasteiger partial charge in [0, 0.05) is 19.4 Å². The van der Waals surface area contributed by atoms with Crippen molar-refractivity contribution in [1.82, 2.24) is 0 Å². The molecule has 0 aromatic heterocycles. The van der Waals surface area contributed by atoms with Crippen LogP contribution < -0.4 is 10.1 Å². The Bertz CT molecular complexity index is 461. The number of anilines is 1. The molecule has 0 aliphatic heterocycles. The van der Waals surface area contributed by atoms with E-state index in [0.717, 1.165) is 24.5 Å². The van der Waals surface area contributed by atoms with Crippen LogP contribution in [0, 0.1) is 6.92 Å². The lowest BCUT2D eigenvalue weighted by Crippen LogP contribution is -2.56. The zero-order chi connectivity index (χ0) is 15.4. The first-order valence-electron chi connectivity index (χ1n) is 7.73. The average Bonchev–Trinajstić information content (AvgIpc) is 2.39. The van der Waals surface area contributed by atoms with Gasteiger partial charge in [-0.3, -0.25) is 0 Å². The summed E-state index contributed by atoms with van der Waals surface area (Å²) < 4.78 is 16.9. The molecule has 1 aliphatic carbocycles. The van der Waals surface area contributed by atoms with E-state index in [0.29, 0.717) is 6.04 Å². The molecule has 0 bridgehead atoms. The van der Waals surface area contributed by atoms with E-state index >= 15 is 0 Å². The first-order chi connectivity index (χ1) is 10.0. The standard InChI is InChI=1S/C17H27NO3/c1-6-20-16-10-15(17(16)19-5)18-14-8-7-13(9-12(14)4)21-11(2)3/h7-9,11,15-18H,6,10H2,1-5H3. The van der Waals surface area contributed by atoms with Gasteiger partial charge in [0.1, 0.15) is 11.9 Å². The third-order valence-corrected chi connectivity index (χ3v) is 3.81. The van der Waals surface area contributed by atoms with E-state index in [4.69, 9.17) is 14.2 Å². The predicted molar refractivity (Wildman–Crippen MR) is 85.2 cm³/mol. The normalized spacial score (nSPS) is 24.8. The minimum atomic E-state index is 0.121. The molecule has 0 radical (unpaired) electrons. The highest BCUT2D eigenvalue weighted by Crippen LogP contribution is 2.31. The summed E-state index contributed by atoms with van der Waals surface area (Å²) in [7, 11) is 1.75. The van der Waals surface area contributed by atoms with Crippen LogP contribution in [0.3, 0.4) is 0 Å². The molecule has 0 heterocycles.